The van der Waals surface area contributed by atoms with Gasteiger partial charge in [-0.2, -0.15) is 0 Å². The minimum atomic E-state index is -0.675. The molecule has 0 aromatic carbocycles. The summed E-state index contributed by atoms with van der Waals surface area (Å²) in [4.78, 5) is 24.6. The lowest BCUT2D eigenvalue weighted by atomic mass is 10.0. The van der Waals surface area contributed by atoms with E-state index in [-0.39, 0.29) is 18.5 Å². The molecule has 3 N–H and O–H groups in total. The van der Waals surface area contributed by atoms with E-state index in [2.05, 4.69) is 43.5 Å². The molecule has 2 unspecified atom stereocenters. The van der Waals surface area contributed by atoms with Crippen molar-refractivity contribution in [2.45, 2.75) is 347 Å². The van der Waals surface area contributed by atoms with Crippen molar-refractivity contribution in [3.05, 3.63) is 24.3 Å². The van der Waals surface area contributed by atoms with Crippen molar-refractivity contribution in [1.29, 1.82) is 0 Å². The highest BCUT2D eigenvalue weighted by molar-refractivity contribution is 5.76. The van der Waals surface area contributed by atoms with Gasteiger partial charge in [0.15, 0.2) is 0 Å². The molecule has 0 aliphatic heterocycles. The first-order valence-electron chi connectivity index (χ1n) is 30.6. The van der Waals surface area contributed by atoms with Crippen LogP contribution in [0, 0.1) is 0 Å². The van der Waals surface area contributed by atoms with E-state index >= 15 is 0 Å². The van der Waals surface area contributed by atoms with Crippen LogP contribution in [-0.4, -0.2) is 47.4 Å². The Hall–Kier alpha value is -1.66. The Labute approximate surface area is 424 Å². The SMILES string of the molecule is CCCCCC/C=C\C/C=C\CCCCCCCC(=O)OCCCCCCCCCCCCCCCC(=O)NC(CO)C(O)CCCCCCCCCCCCCCCCCCCCCCCC. The van der Waals surface area contributed by atoms with Crippen LogP contribution in [0.25, 0.3) is 0 Å². The van der Waals surface area contributed by atoms with Crippen LogP contribution >= 0.6 is 0 Å². The average Bonchev–Trinajstić information content (AvgIpc) is 3.34. The number of carbonyl (C=O) groups is 2. The summed E-state index contributed by atoms with van der Waals surface area (Å²) in [6.45, 7) is 4.93. The number of aliphatic hydroxyl groups excluding tert-OH is 2. The lowest BCUT2D eigenvalue weighted by molar-refractivity contribution is -0.143. The van der Waals surface area contributed by atoms with Crippen LogP contribution in [0.1, 0.15) is 335 Å². The molecule has 0 saturated carbocycles. The Morgan fingerprint density at radius 3 is 1.13 bits per heavy atom. The quantitative estimate of drug-likeness (QED) is 0.0321. The second kappa shape index (κ2) is 57.9. The van der Waals surface area contributed by atoms with Crippen LogP contribution < -0.4 is 5.32 Å². The summed E-state index contributed by atoms with van der Waals surface area (Å²) < 4.78 is 5.47. The molecule has 6 heteroatoms. The molecule has 2 atom stereocenters. The van der Waals surface area contributed by atoms with Gasteiger partial charge in [-0.1, -0.05) is 289 Å². The molecule has 402 valence electrons. The third kappa shape index (κ3) is 53.7. The molecule has 6 nitrogen and oxygen atoms in total. The second-order valence-electron chi connectivity index (χ2n) is 21.0. The van der Waals surface area contributed by atoms with Gasteiger partial charge < -0.3 is 20.3 Å². The fraction of sp³-hybridized carbons (Fsp3) is 0.903. The van der Waals surface area contributed by atoms with Gasteiger partial charge in [0.2, 0.25) is 5.91 Å². The Kier molecular flexibility index (Phi) is 56.5. The number of unbranched alkanes of at least 4 members (excludes halogenated alkanes) is 42. The Balaban J connectivity index is 3.45. The van der Waals surface area contributed by atoms with Crippen molar-refractivity contribution in [2.24, 2.45) is 0 Å². The molecular formula is C62H119NO5. The first-order valence-corrected chi connectivity index (χ1v) is 30.6. The summed E-state index contributed by atoms with van der Waals surface area (Å²) in [6.07, 6.45) is 70.3. The molecule has 0 aliphatic rings. The van der Waals surface area contributed by atoms with Crippen molar-refractivity contribution < 1.29 is 24.5 Å². The van der Waals surface area contributed by atoms with Crippen molar-refractivity contribution in [3.63, 3.8) is 0 Å². The van der Waals surface area contributed by atoms with E-state index in [1.807, 2.05) is 0 Å². The zero-order valence-electron chi connectivity index (χ0n) is 45.9. The van der Waals surface area contributed by atoms with Crippen molar-refractivity contribution in [2.75, 3.05) is 13.2 Å². The van der Waals surface area contributed by atoms with Gasteiger partial charge in [-0.05, 0) is 57.8 Å². The normalized spacial score (nSPS) is 12.7. The minimum Gasteiger partial charge on any atom is -0.466 e. The molecule has 0 spiro atoms. The lowest BCUT2D eigenvalue weighted by Crippen LogP contribution is -2.45. The van der Waals surface area contributed by atoms with Gasteiger partial charge in [0.05, 0.1) is 25.4 Å². The maximum Gasteiger partial charge on any atom is 0.305 e. The highest BCUT2D eigenvalue weighted by Gasteiger charge is 2.20. The Bertz CT molecular complexity index is 1060. The van der Waals surface area contributed by atoms with Crippen LogP contribution in [0.15, 0.2) is 24.3 Å². The van der Waals surface area contributed by atoms with Crippen LogP contribution in [0.4, 0.5) is 0 Å². The van der Waals surface area contributed by atoms with Crippen molar-refractivity contribution in [1.82, 2.24) is 5.32 Å². The molecule has 0 fully saturated rings. The predicted molar refractivity (Wildman–Crippen MR) is 296 cm³/mol. The number of esters is 1. The third-order valence-electron chi connectivity index (χ3n) is 14.3. The first kappa shape index (κ1) is 66.3. The lowest BCUT2D eigenvalue weighted by Gasteiger charge is -2.22. The van der Waals surface area contributed by atoms with E-state index < -0.39 is 12.1 Å². The molecule has 0 heterocycles. The molecule has 0 rings (SSSR count). The van der Waals surface area contributed by atoms with E-state index in [1.165, 1.54) is 244 Å². The van der Waals surface area contributed by atoms with Crippen LogP contribution in [-0.2, 0) is 14.3 Å². The highest BCUT2D eigenvalue weighted by Crippen LogP contribution is 2.18. The summed E-state index contributed by atoms with van der Waals surface area (Å²) >= 11 is 0. The van der Waals surface area contributed by atoms with Gasteiger partial charge in [0.25, 0.3) is 0 Å². The van der Waals surface area contributed by atoms with E-state index in [9.17, 15) is 19.8 Å². The summed E-state index contributed by atoms with van der Waals surface area (Å²) in [5.41, 5.74) is 0. The fourth-order valence-electron chi connectivity index (χ4n) is 9.55. The number of amides is 1. The first-order chi connectivity index (χ1) is 33.5. The molecule has 0 saturated heterocycles. The largest absolute Gasteiger partial charge is 0.466 e. The summed E-state index contributed by atoms with van der Waals surface area (Å²) in [6, 6.07) is -0.553. The number of hydrogen-bond acceptors (Lipinski definition) is 5. The fourth-order valence-corrected chi connectivity index (χ4v) is 9.55. The van der Waals surface area contributed by atoms with Gasteiger partial charge in [-0.15, -0.1) is 0 Å². The smallest absolute Gasteiger partial charge is 0.305 e. The maximum atomic E-state index is 12.5. The molecule has 1 amide bonds. The predicted octanol–water partition coefficient (Wildman–Crippen LogP) is 19.0. The van der Waals surface area contributed by atoms with Crippen LogP contribution in [0.2, 0.25) is 0 Å². The standard InChI is InChI=1S/C62H119NO5/c1-3-5-7-9-11-13-15-17-19-21-22-23-24-25-26-27-30-34-38-42-46-50-54-60(65)59(58-64)63-61(66)55-51-47-43-39-35-31-29-33-37-41-45-49-53-57-68-62(67)56-52-48-44-40-36-32-28-20-18-16-14-12-10-8-6-4-2/h14,16,20,28,59-60,64-65H,3-13,15,17-19,21-27,29-58H2,1-2H3,(H,63,66)/b16-14-,28-20-. The van der Waals surface area contributed by atoms with Crippen molar-refractivity contribution in [3.8, 4) is 0 Å². The molecule has 0 radical (unpaired) electrons. The zero-order valence-corrected chi connectivity index (χ0v) is 45.9. The molecule has 0 bridgehead atoms. The van der Waals surface area contributed by atoms with E-state index in [0.29, 0.717) is 25.9 Å². The number of rotatable bonds is 57. The van der Waals surface area contributed by atoms with Gasteiger partial charge >= 0.3 is 5.97 Å². The second-order valence-corrected chi connectivity index (χ2v) is 21.0. The number of aliphatic hydroxyl groups is 2. The van der Waals surface area contributed by atoms with E-state index in [0.717, 1.165) is 57.8 Å². The highest BCUT2D eigenvalue weighted by atomic mass is 16.5. The van der Waals surface area contributed by atoms with E-state index in [1.54, 1.807) is 0 Å². The van der Waals surface area contributed by atoms with Gasteiger partial charge in [-0.3, -0.25) is 9.59 Å². The maximum absolute atomic E-state index is 12.5. The van der Waals surface area contributed by atoms with Crippen LogP contribution in [0.3, 0.4) is 0 Å². The number of hydrogen-bond donors (Lipinski definition) is 3. The monoisotopic (exact) mass is 958 g/mol. The Morgan fingerprint density at radius 1 is 0.412 bits per heavy atom. The van der Waals surface area contributed by atoms with Crippen LogP contribution in [0.5, 0.6) is 0 Å². The number of nitrogens with one attached hydrogen (secondary N) is 1. The van der Waals surface area contributed by atoms with Gasteiger partial charge in [-0.25, -0.2) is 0 Å². The zero-order chi connectivity index (χ0) is 49.3. The molecule has 68 heavy (non-hydrogen) atoms. The number of allylic oxidation sites excluding steroid dienone is 4. The molecule has 0 aromatic heterocycles. The molecular weight excluding hydrogens is 839 g/mol. The van der Waals surface area contributed by atoms with Gasteiger partial charge in [0.1, 0.15) is 0 Å². The summed E-state index contributed by atoms with van der Waals surface area (Å²) in [5, 5.41) is 23.4. The summed E-state index contributed by atoms with van der Waals surface area (Å²) in [7, 11) is 0. The van der Waals surface area contributed by atoms with Crippen molar-refractivity contribution >= 4 is 11.9 Å². The number of ether oxygens (including phenoxy) is 1. The summed E-state index contributed by atoms with van der Waals surface area (Å²) in [5.74, 6) is -0.0631. The average molecular weight is 959 g/mol. The van der Waals surface area contributed by atoms with E-state index in [4.69, 9.17) is 4.74 Å². The minimum absolute atomic E-state index is 0.0179. The molecule has 0 aromatic rings. The molecule has 0 aliphatic carbocycles. The third-order valence-corrected chi connectivity index (χ3v) is 14.3. The number of carbonyl (C=O) groups excluding carboxylic acids is 2. The Morgan fingerprint density at radius 2 is 0.735 bits per heavy atom. The van der Waals surface area contributed by atoms with Gasteiger partial charge in [0, 0.05) is 12.8 Å². The topological polar surface area (TPSA) is 95.9 Å².